The molecule has 0 spiro atoms. The van der Waals surface area contributed by atoms with Crippen LogP contribution in [0.4, 0.5) is 5.00 Å². The zero-order chi connectivity index (χ0) is 13.7. The van der Waals surface area contributed by atoms with Gasteiger partial charge in [-0.05, 0) is 13.0 Å². The molecular weight excluding hydrogens is 254 g/mol. The van der Waals surface area contributed by atoms with Crippen molar-refractivity contribution in [2.24, 2.45) is 5.92 Å². The van der Waals surface area contributed by atoms with E-state index in [0.29, 0.717) is 12.1 Å². The number of ether oxygens (including phenoxy) is 2. The molecule has 100 valence electrons. The van der Waals surface area contributed by atoms with Crippen molar-refractivity contribution >= 4 is 28.3 Å². The maximum absolute atomic E-state index is 11.5. The van der Waals surface area contributed by atoms with Crippen LogP contribution >= 0.6 is 11.3 Å². The molecule has 5 nitrogen and oxygen atoms in total. The summed E-state index contributed by atoms with van der Waals surface area (Å²) in [6, 6.07) is 1.77. The van der Waals surface area contributed by atoms with E-state index in [2.05, 4.69) is 10.1 Å². The Morgan fingerprint density at radius 2 is 2.06 bits per heavy atom. The number of nitrogens with one attached hydrogen (secondary N) is 1. The molecule has 1 heterocycles. The van der Waals surface area contributed by atoms with Gasteiger partial charge in [-0.15, -0.1) is 11.3 Å². The van der Waals surface area contributed by atoms with Crippen molar-refractivity contribution in [1.29, 1.82) is 0 Å². The summed E-state index contributed by atoms with van der Waals surface area (Å²) in [6.45, 7) is 4.08. The number of carbonyl (C=O) groups excluding carboxylic acids is 2. The van der Waals surface area contributed by atoms with E-state index in [1.54, 1.807) is 13.0 Å². The van der Waals surface area contributed by atoms with Crippen LogP contribution in [-0.2, 0) is 14.3 Å². The first kappa shape index (κ1) is 14.5. The number of methoxy groups -OCH3 is 2. The molecule has 0 amide bonds. The van der Waals surface area contributed by atoms with Gasteiger partial charge in [0.1, 0.15) is 5.00 Å². The highest BCUT2D eigenvalue weighted by Crippen LogP contribution is 2.28. The normalized spacial score (nSPS) is 11.8. The van der Waals surface area contributed by atoms with Crippen LogP contribution in [0.2, 0.25) is 0 Å². The molecule has 1 aromatic rings. The van der Waals surface area contributed by atoms with Gasteiger partial charge < -0.3 is 14.8 Å². The lowest BCUT2D eigenvalue weighted by Gasteiger charge is -2.11. The minimum atomic E-state index is -0.382. The highest BCUT2D eigenvalue weighted by molar-refractivity contribution is 7.16. The molecular formula is C12H17NO4S. The minimum absolute atomic E-state index is 0.275. The topological polar surface area (TPSA) is 64.6 Å². The molecule has 1 atom stereocenters. The number of hydrogen-bond donors (Lipinski definition) is 1. The summed E-state index contributed by atoms with van der Waals surface area (Å²) >= 11 is 1.46. The van der Waals surface area contributed by atoms with Crippen LogP contribution in [0.1, 0.15) is 22.2 Å². The Balaban J connectivity index is 2.73. The molecule has 6 heteroatoms. The summed E-state index contributed by atoms with van der Waals surface area (Å²) in [6.07, 6.45) is 0. The molecule has 0 saturated carbocycles. The number of carbonyl (C=O) groups is 2. The zero-order valence-corrected chi connectivity index (χ0v) is 11.7. The Morgan fingerprint density at radius 3 is 2.61 bits per heavy atom. The predicted molar refractivity (Wildman–Crippen MR) is 70.1 cm³/mol. The molecule has 1 N–H and O–H groups in total. The molecule has 1 rings (SSSR count). The smallest absolute Gasteiger partial charge is 0.340 e. The van der Waals surface area contributed by atoms with Crippen molar-refractivity contribution < 1.29 is 19.1 Å². The average Bonchev–Trinajstić information content (AvgIpc) is 2.75. The molecule has 1 unspecified atom stereocenters. The lowest BCUT2D eigenvalue weighted by Crippen LogP contribution is -2.21. The summed E-state index contributed by atoms with van der Waals surface area (Å²) < 4.78 is 9.34. The average molecular weight is 271 g/mol. The van der Waals surface area contributed by atoms with E-state index < -0.39 is 0 Å². The van der Waals surface area contributed by atoms with Crippen molar-refractivity contribution in [2.75, 3.05) is 26.1 Å². The molecule has 0 aliphatic rings. The summed E-state index contributed by atoms with van der Waals surface area (Å²) in [5.41, 5.74) is 0.497. The Morgan fingerprint density at radius 1 is 1.39 bits per heavy atom. The van der Waals surface area contributed by atoms with E-state index in [4.69, 9.17) is 4.74 Å². The van der Waals surface area contributed by atoms with Crippen LogP contribution in [-0.4, -0.2) is 32.7 Å². The van der Waals surface area contributed by atoms with Crippen LogP contribution in [0, 0.1) is 12.8 Å². The largest absolute Gasteiger partial charge is 0.469 e. The molecule has 0 saturated heterocycles. The second-order valence-corrected chi connectivity index (χ2v) is 5.15. The van der Waals surface area contributed by atoms with Crippen LogP contribution in [0.15, 0.2) is 6.07 Å². The Labute approximate surface area is 110 Å². The zero-order valence-electron chi connectivity index (χ0n) is 10.9. The summed E-state index contributed by atoms with van der Waals surface area (Å²) in [4.78, 5) is 23.8. The fraction of sp³-hybridized carbons (Fsp3) is 0.500. The fourth-order valence-electron chi connectivity index (χ4n) is 1.44. The Bertz CT molecular complexity index is 441. The van der Waals surface area contributed by atoms with Gasteiger partial charge in [-0.1, -0.05) is 6.92 Å². The highest BCUT2D eigenvalue weighted by atomic mass is 32.1. The van der Waals surface area contributed by atoms with Crippen LogP contribution < -0.4 is 5.32 Å². The van der Waals surface area contributed by atoms with Gasteiger partial charge >= 0.3 is 11.9 Å². The van der Waals surface area contributed by atoms with Crippen LogP contribution in [0.25, 0.3) is 0 Å². The van der Waals surface area contributed by atoms with E-state index in [9.17, 15) is 9.59 Å². The third-order valence-corrected chi connectivity index (χ3v) is 3.44. The van der Waals surface area contributed by atoms with Gasteiger partial charge in [-0.3, -0.25) is 4.79 Å². The quantitative estimate of drug-likeness (QED) is 0.830. The van der Waals surface area contributed by atoms with E-state index in [1.165, 1.54) is 25.6 Å². The SMILES string of the molecule is COC(=O)c1cc(C)sc1NCC(C)C(=O)OC. The third-order valence-electron chi connectivity index (χ3n) is 2.43. The maximum atomic E-state index is 11.5. The maximum Gasteiger partial charge on any atom is 0.340 e. The molecule has 0 aromatic carbocycles. The lowest BCUT2D eigenvalue weighted by molar-refractivity contribution is -0.144. The van der Waals surface area contributed by atoms with E-state index in [-0.39, 0.29) is 17.9 Å². The first-order valence-corrected chi connectivity index (χ1v) is 6.31. The molecule has 0 aliphatic heterocycles. The van der Waals surface area contributed by atoms with Crippen molar-refractivity contribution in [3.8, 4) is 0 Å². The van der Waals surface area contributed by atoms with Crippen LogP contribution in [0.3, 0.4) is 0 Å². The second-order valence-electron chi connectivity index (χ2n) is 3.90. The molecule has 1 aromatic heterocycles. The van der Waals surface area contributed by atoms with Gasteiger partial charge in [0.2, 0.25) is 0 Å². The van der Waals surface area contributed by atoms with Crippen LogP contribution in [0.5, 0.6) is 0 Å². The number of thiophene rings is 1. The second kappa shape index (κ2) is 6.39. The van der Waals surface area contributed by atoms with Gasteiger partial charge in [0, 0.05) is 11.4 Å². The molecule has 0 fully saturated rings. The molecule has 0 radical (unpaired) electrons. The van der Waals surface area contributed by atoms with Gasteiger partial charge in [0.05, 0.1) is 25.7 Å². The highest BCUT2D eigenvalue weighted by Gasteiger charge is 2.18. The number of anilines is 1. The van der Waals surface area contributed by atoms with Crippen molar-refractivity contribution in [1.82, 2.24) is 0 Å². The lowest BCUT2D eigenvalue weighted by atomic mass is 10.2. The monoisotopic (exact) mass is 271 g/mol. The third kappa shape index (κ3) is 3.46. The van der Waals surface area contributed by atoms with Crippen molar-refractivity contribution in [2.45, 2.75) is 13.8 Å². The van der Waals surface area contributed by atoms with Crippen molar-refractivity contribution in [3.63, 3.8) is 0 Å². The predicted octanol–water partition coefficient (Wildman–Crippen LogP) is 2.06. The summed E-state index contributed by atoms with van der Waals surface area (Å²) in [7, 11) is 2.70. The van der Waals surface area contributed by atoms with Gasteiger partial charge in [-0.2, -0.15) is 0 Å². The minimum Gasteiger partial charge on any atom is -0.469 e. The first-order chi connectivity index (χ1) is 8.49. The Hall–Kier alpha value is -1.56. The number of rotatable bonds is 5. The van der Waals surface area contributed by atoms with Gasteiger partial charge in [0.25, 0.3) is 0 Å². The molecule has 0 aliphatic carbocycles. The summed E-state index contributed by atoms with van der Waals surface area (Å²) in [5.74, 6) is -0.939. The van der Waals surface area contributed by atoms with E-state index in [0.717, 1.165) is 9.88 Å². The molecule has 18 heavy (non-hydrogen) atoms. The number of esters is 2. The first-order valence-electron chi connectivity index (χ1n) is 5.50. The van der Waals surface area contributed by atoms with E-state index >= 15 is 0 Å². The van der Waals surface area contributed by atoms with Gasteiger partial charge in [-0.25, -0.2) is 4.79 Å². The Kier molecular flexibility index (Phi) is 5.15. The van der Waals surface area contributed by atoms with Gasteiger partial charge in [0.15, 0.2) is 0 Å². The fourth-order valence-corrected chi connectivity index (χ4v) is 2.34. The number of hydrogen-bond acceptors (Lipinski definition) is 6. The van der Waals surface area contributed by atoms with Crippen molar-refractivity contribution in [3.05, 3.63) is 16.5 Å². The summed E-state index contributed by atoms with van der Waals surface area (Å²) in [5, 5.41) is 3.80. The van der Waals surface area contributed by atoms with E-state index in [1.807, 2.05) is 6.92 Å². The standard InChI is InChI=1S/C12H17NO4S/c1-7(11(14)16-3)6-13-10-9(12(15)17-4)5-8(2)18-10/h5,7,13H,6H2,1-4H3. The number of aryl methyl sites for hydroxylation is 1. The molecule has 0 bridgehead atoms.